The molecule has 0 bridgehead atoms. The van der Waals surface area contributed by atoms with E-state index in [4.69, 9.17) is 0 Å². The van der Waals surface area contributed by atoms with Gasteiger partial charge in [0.2, 0.25) is 0 Å². The molecule has 0 spiro atoms. The summed E-state index contributed by atoms with van der Waals surface area (Å²) >= 11 is 0. The van der Waals surface area contributed by atoms with Crippen LogP contribution in [0.2, 0.25) is 0 Å². The summed E-state index contributed by atoms with van der Waals surface area (Å²) in [5, 5.41) is 35.5. The zero-order chi connectivity index (χ0) is 22.2. The number of hydrogen-bond donors (Lipinski definition) is 5. The Labute approximate surface area is 182 Å². The first-order valence-corrected chi connectivity index (χ1v) is 10.3. The molecule has 162 valence electrons. The van der Waals surface area contributed by atoms with Crippen molar-refractivity contribution in [3.8, 4) is 5.75 Å². The van der Waals surface area contributed by atoms with Crippen LogP contribution >= 0.6 is 0 Å². The van der Waals surface area contributed by atoms with Gasteiger partial charge in [0, 0.05) is 29.4 Å². The van der Waals surface area contributed by atoms with E-state index in [-0.39, 0.29) is 24.3 Å². The van der Waals surface area contributed by atoms with Gasteiger partial charge in [-0.1, -0.05) is 36.4 Å². The first-order valence-electron chi connectivity index (χ1n) is 10.3. The number of phenols is 1. The van der Waals surface area contributed by atoms with E-state index in [1.54, 1.807) is 18.2 Å². The fourth-order valence-corrected chi connectivity index (χ4v) is 3.36. The second kappa shape index (κ2) is 10.7. The van der Waals surface area contributed by atoms with Crippen molar-refractivity contribution >= 4 is 11.6 Å². The van der Waals surface area contributed by atoms with Gasteiger partial charge >= 0.3 is 0 Å². The maximum Gasteiger partial charge on any atom is 0.255 e. The van der Waals surface area contributed by atoms with Crippen LogP contribution in [0.4, 0.5) is 5.69 Å². The number of aliphatic hydroxyl groups excluding tert-OH is 2. The number of para-hydroxylation sites is 1. The molecular weight excluding hydrogens is 392 g/mol. The number of carbonyl (C=O) groups excluding carboxylic acids is 1. The first-order chi connectivity index (χ1) is 15.0. The van der Waals surface area contributed by atoms with E-state index in [1.165, 1.54) is 6.07 Å². The van der Waals surface area contributed by atoms with Crippen molar-refractivity contribution in [1.29, 1.82) is 0 Å². The van der Waals surface area contributed by atoms with Crippen LogP contribution in [0.5, 0.6) is 5.75 Å². The standard InChI is InChI=1S/C25H28N2O4/c1-17(26-15-24(30)19-10-11-23(29)21(14-19)16-28)12-18-6-5-7-20(13-18)25(31)27-22-8-3-2-4-9-22/h2-11,13-14,17,24,26,28-30H,12,15-16H2,1H3,(H,27,31)/t17-,24+/m1/s1. The maximum atomic E-state index is 12.5. The zero-order valence-electron chi connectivity index (χ0n) is 17.5. The number of benzene rings is 3. The molecule has 6 nitrogen and oxygen atoms in total. The second-order valence-corrected chi connectivity index (χ2v) is 7.60. The molecule has 2 atom stereocenters. The molecule has 0 heterocycles. The molecule has 0 unspecified atom stereocenters. The van der Waals surface area contributed by atoms with Gasteiger partial charge in [0.15, 0.2) is 0 Å². The topological polar surface area (TPSA) is 102 Å². The van der Waals surface area contributed by atoms with Gasteiger partial charge in [0.25, 0.3) is 5.91 Å². The Morgan fingerprint density at radius 2 is 1.77 bits per heavy atom. The van der Waals surface area contributed by atoms with Crippen LogP contribution in [0.1, 0.15) is 40.1 Å². The van der Waals surface area contributed by atoms with Gasteiger partial charge in [-0.05, 0) is 60.9 Å². The Morgan fingerprint density at radius 3 is 2.52 bits per heavy atom. The highest BCUT2D eigenvalue weighted by molar-refractivity contribution is 6.04. The molecular formula is C25H28N2O4. The maximum absolute atomic E-state index is 12.5. The zero-order valence-corrected chi connectivity index (χ0v) is 17.5. The number of aromatic hydroxyl groups is 1. The molecule has 0 aliphatic carbocycles. The minimum Gasteiger partial charge on any atom is -0.508 e. The smallest absolute Gasteiger partial charge is 0.255 e. The molecule has 3 aromatic rings. The van der Waals surface area contributed by atoms with Gasteiger partial charge in [-0.2, -0.15) is 0 Å². The lowest BCUT2D eigenvalue weighted by Gasteiger charge is -2.18. The summed E-state index contributed by atoms with van der Waals surface area (Å²) < 4.78 is 0. The third kappa shape index (κ3) is 6.39. The average Bonchev–Trinajstić information content (AvgIpc) is 2.78. The normalized spacial score (nSPS) is 12.9. The number of carbonyl (C=O) groups is 1. The lowest BCUT2D eigenvalue weighted by Crippen LogP contribution is -2.32. The van der Waals surface area contributed by atoms with Crippen LogP contribution in [0.25, 0.3) is 0 Å². The van der Waals surface area contributed by atoms with Crippen LogP contribution in [0, 0.1) is 0 Å². The molecule has 3 rings (SSSR count). The molecule has 6 heteroatoms. The number of aliphatic hydroxyl groups is 2. The molecule has 0 radical (unpaired) electrons. The summed E-state index contributed by atoms with van der Waals surface area (Å²) in [6, 6.07) is 21.6. The molecule has 0 saturated carbocycles. The Balaban J connectivity index is 1.55. The minimum absolute atomic E-state index is 0.0101. The monoisotopic (exact) mass is 420 g/mol. The summed E-state index contributed by atoms with van der Waals surface area (Å²) in [6.07, 6.45) is -0.0762. The number of anilines is 1. The summed E-state index contributed by atoms with van der Waals surface area (Å²) in [6.45, 7) is 2.05. The van der Waals surface area contributed by atoms with Gasteiger partial charge in [-0.25, -0.2) is 0 Å². The van der Waals surface area contributed by atoms with Crippen molar-refractivity contribution < 1.29 is 20.1 Å². The van der Waals surface area contributed by atoms with Crippen LogP contribution < -0.4 is 10.6 Å². The average molecular weight is 421 g/mol. The number of amides is 1. The summed E-state index contributed by atoms with van der Waals surface area (Å²) in [5.41, 5.74) is 3.37. The van der Waals surface area contributed by atoms with Crippen molar-refractivity contribution in [3.63, 3.8) is 0 Å². The molecule has 0 aliphatic heterocycles. The predicted octanol–water partition coefficient (Wildman–Crippen LogP) is 3.39. The summed E-state index contributed by atoms with van der Waals surface area (Å²) in [7, 11) is 0. The highest BCUT2D eigenvalue weighted by atomic mass is 16.3. The van der Waals surface area contributed by atoms with Crippen LogP contribution in [0.15, 0.2) is 72.8 Å². The van der Waals surface area contributed by atoms with E-state index < -0.39 is 6.10 Å². The Morgan fingerprint density at radius 1 is 1.00 bits per heavy atom. The SMILES string of the molecule is C[C@H](Cc1cccc(C(=O)Nc2ccccc2)c1)NC[C@H](O)c1ccc(O)c(CO)c1. The Kier molecular flexibility index (Phi) is 7.78. The molecule has 31 heavy (non-hydrogen) atoms. The van der Waals surface area contributed by atoms with E-state index >= 15 is 0 Å². The van der Waals surface area contributed by atoms with E-state index in [0.29, 0.717) is 29.7 Å². The molecule has 0 aliphatic rings. The van der Waals surface area contributed by atoms with Crippen molar-refractivity contribution in [2.45, 2.75) is 32.1 Å². The summed E-state index contributed by atoms with van der Waals surface area (Å²) in [5.74, 6) is -0.146. The molecule has 5 N–H and O–H groups in total. The van der Waals surface area contributed by atoms with Crippen molar-refractivity contribution in [2.24, 2.45) is 0 Å². The lowest BCUT2D eigenvalue weighted by molar-refractivity contribution is 0.102. The number of nitrogens with one attached hydrogen (secondary N) is 2. The van der Waals surface area contributed by atoms with Crippen molar-refractivity contribution in [2.75, 3.05) is 11.9 Å². The van der Waals surface area contributed by atoms with Gasteiger partial charge in [-0.15, -0.1) is 0 Å². The Bertz CT molecular complexity index is 1010. The highest BCUT2D eigenvalue weighted by Crippen LogP contribution is 2.22. The first kappa shape index (κ1) is 22.5. The van der Waals surface area contributed by atoms with E-state index in [1.807, 2.05) is 55.5 Å². The van der Waals surface area contributed by atoms with E-state index in [0.717, 1.165) is 11.3 Å². The third-order valence-corrected chi connectivity index (χ3v) is 5.08. The third-order valence-electron chi connectivity index (χ3n) is 5.08. The molecule has 0 aromatic heterocycles. The largest absolute Gasteiger partial charge is 0.508 e. The fraction of sp³-hybridized carbons (Fsp3) is 0.240. The second-order valence-electron chi connectivity index (χ2n) is 7.60. The van der Waals surface area contributed by atoms with E-state index in [9.17, 15) is 20.1 Å². The predicted molar refractivity (Wildman–Crippen MR) is 121 cm³/mol. The van der Waals surface area contributed by atoms with Gasteiger partial charge in [0.1, 0.15) is 5.75 Å². The fourth-order valence-electron chi connectivity index (χ4n) is 3.36. The number of hydrogen-bond acceptors (Lipinski definition) is 5. The van der Waals surface area contributed by atoms with Crippen LogP contribution in [-0.4, -0.2) is 33.8 Å². The molecule has 3 aromatic carbocycles. The highest BCUT2D eigenvalue weighted by Gasteiger charge is 2.13. The molecule has 0 saturated heterocycles. The summed E-state index contributed by atoms with van der Waals surface area (Å²) in [4.78, 5) is 12.5. The van der Waals surface area contributed by atoms with Gasteiger partial charge in [0.05, 0.1) is 12.7 Å². The molecule has 1 amide bonds. The van der Waals surface area contributed by atoms with Gasteiger partial charge < -0.3 is 26.0 Å². The van der Waals surface area contributed by atoms with Crippen molar-refractivity contribution in [1.82, 2.24) is 5.32 Å². The minimum atomic E-state index is -0.767. The molecule has 0 fully saturated rings. The number of rotatable bonds is 9. The van der Waals surface area contributed by atoms with Crippen LogP contribution in [-0.2, 0) is 13.0 Å². The lowest BCUT2D eigenvalue weighted by atomic mass is 10.0. The Hall–Kier alpha value is -3.19. The van der Waals surface area contributed by atoms with Gasteiger partial charge in [-0.3, -0.25) is 4.79 Å². The van der Waals surface area contributed by atoms with Crippen LogP contribution in [0.3, 0.4) is 0 Å². The quantitative estimate of drug-likeness (QED) is 0.365. The van der Waals surface area contributed by atoms with Crippen molar-refractivity contribution in [3.05, 3.63) is 95.1 Å². The van der Waals surface area contributed by atoms with E-state index in [2.05, 4.69) is 10.6 Å².